The molecule has 0 atom stereocenters. The van der Waals surface area contributed by atoms with Gasteiger partial charge in [0.15, 0.2) is 0 Å². The zero-order valence-electron chi connectivity index (χ0n) is 11.5. The van der Waals surface area contributed by atoms with E-state index in [1.807, 2.05) is 24.0 Å². The van der Waals surface area contributed by atoms with Gasteiger partial charge in [-0.1, -0.05) is 0 Å². The van der Waals surface area contributed by atoms with Crippen molar-refractivity contribution in [2.45, 2.75) is 13.3 Å². The van der Waals surface area contributed by atoms with Crippen molar-refractivity contribution in [1.82, 2.24) is 15.2 Å². The van der Waals surface area contributed by atoms with E-state index in [1.165, 1.54) is 0 Å². The van der Waals surface area contributed by atoms with Crippen LogP contribution in [0.4, 0.5) is 5.69 Å². The minimum Gasteiger partial charge on any atom is -0.315 e. The first-order chi connectivity index (χ1) is 9.31. The molecule has 0 radical (unpaired) electrons. The third-order valence-electron chi connectivity index (χ3n) is 3.38. The van der Waals surface area contributed by atoms with E-state index in [1.54, 1.807) is 12.4 Å². The van der Waals surface area contributed by atoms with Crippen molar-refractivity contribution in [3.63, 3.8) is 0 Å². The molecule has 1 aromatic heterocycles. The molecule has 5 nitrogen and oxygen atoms in total. The van der Waals surface area contributed by atoms with Crippen LogP contribution < -0.4 is 10.2 Å². The maximum Gasteiger partial charge on any atom is 0.241 e. The molecular formula is C14H22N4O. The molecule has 1 amide bonds. The minimum atomic E-state index is 0.163. The van der Waals surface area contributed by atoms with Gasteiger partial charge in [-0.05, 0) is 38.6 Å². The first-order valence-electron chi connectivity index (χ1n) is 6.94. The average Bonchev–Trinajstić information content (AvgIpc) is 2.69. The Morgan fingerprint density at radius 1 is 1.37 bits per heavy atom. The summed E-state index contributed by atoms with van der Waals surface area (Å²) in [5.41, 5.74) is 0.926. The van der Waals surface area contributed by atoms with Gasteiger partial charge >= 0.3 is 0 Å². The molecule has 0 bridgehead atoms. The van der Waals surface area contributed by atoms with E-state index in [2.05, 4.69) is 15.2 Å². The van der Waals surface area contributed by atoms with Gasteiger partial charge < -0.3 is 10.2 Å². The number of likely N-dealkylation sites (N-methyl/N-ethyl adjacent to an activating group) is 1. The summed E-state index contributed by atoms with van der Waals surface area (Å²) in [7, 11) is 0. The second-order valence-corrected chi connectivity index (χ2v) is 4.72. The van der Waals surface area contributed by atoms with Crippen molar-refractivity contribution in [3.8, 4) is 0 Å². The van der Waals surface area contributed by atoms with Crippen LogP contribution >= 0.6 is 0 Å². The van der Waals surface area contributed by atoms with Crippen LogP contribution in [0.2, 0.25) is 0 Å². The average molecular weight is 262 g/mol. The summed E-state index contributed by atoms with van der Waals surface area (Å²) < 4.78 is 0. The molecule has 1 aliphatic heterocycles. The predicted molar refractivity (Wildman–Crippen MR) is 76.2 cm³/mol. The third kappa shape index (κ3) is 4.01. The Morgan fingerprint density at radius 2 is 2.16 bits per heavy atom. The molecule has 1 fully saturated rings. The van der Waals surface area contributed by atoms with Crippen molar-refractivity contribution in [2.24, 2.45) is 0 Å². The highest BCUT2D eigenvalue weighted by Crippen LogP contribution is 2.12. The number of rotatable bonds is 4. The van der Waals surface area contributed by atoms with Crippen LogP contribution in [0.1, 0.15) is 13.3 Å². The summed E-state index contributed by atoms with van der Waals surface area (Å²) in [5, 5.41) is 3.35. The summed E-state index contributed by atoms with van der Waals surface area (Å²) in [6.45, 7) is 7.14. The lowest BCUT2D eigenvalue weighted by atomic mass is 10.3. The van der Waals surface area contributed by atoms with Crippen molar-refractivity contribution < 1.29 is 4.79 Å². The SMILES string of the molecule is CCN(C(=O)CN1CCCNCC1)c1ccncc1. The third-order valence-corrected chi connectivity index (χ3v) is 3.38. The van der Waals surface area contributed by atoms with Crippen molar-refractivity contribution in [3.05, 3.63) is 24.5 Å². The van der Waals surface area contributed by atoms with E-state index in [-0.39, 0.29) is 5.91 Å². The highest BCUT2D eigenvalue weighted by atomic mass is 16.2. The number of carbonyl (C=O) groups is 1. The highest BCUT2D eigenvalue weighted by Gasteiger charge is 2.18. The van der Waals surface area contributed by atoms with Gasteiger partial charge in [-0.2, -0.15) is 0 Å². The number of amides is 1. The van der Waals surface area contributed by atoms with Gasteiger partial charge in [0, 0.05) is 37.7 Å². The second kappa shape index (κ2) is 7.21. The number of pyridine rings is 1. The van der Waals surface area contributed by atoms with Crippen LogP contribution in [-0.2, 0) is 4.79 Å². The zero-order chi connectivity index (χ0) is 13.5. The Balaban J connectivity index is 1.96. The number of hydrogen-bond donors (Lipinski definition) is 1. The maximum absolute atomic E-state index is 12.4. The van der Waals surface area contributed by atoms with E-state index in [0.29, 0.717) is 13.1 Å². The van der Waals surface area contributed by atoms with Gasteiger partial charge in [-0.15, -0.1) is 0 Å². The van der Waals surface area contributed by atoms with Crippen LogP contribution in [-0.4, -0.2) is 55.1 Å². The molecule has 2 heterocycles. The molecule has 1 N–H and O–H groups in total. The van der Waals surface area contributed by atoms with Gasteiger partial charge in [0.2, 0.25) is 5.91 Å². The molecule has 5 heteroatoms. The number of nitrogens with one attached hydrogen (secondary N) is 1. The van der Waals surface area contributed by atoms with Gasteiger partial charge in [0.05, 0.1) is 6.54 Å². The van der Waals surface area contributed by atoms with E-state index >= 15 is 0 Å². The van der Waals surface area contributed by atoms with Crippen LogP contribution in [0, 0.1) is 0 Å². The number of carbonyl (C=O) groups excluding carboxylic acids is 1. The molecule has 0 aliphatic carbocycles. The summed E-state index contributed by atoms with van der Waals surface area (Å²) in [5.74, 6) is 0.163. The lowest BCUT2D eigenvalue weighted by Crippen LogP contribution is -2.41. The van der Waals surface area contributed by atoms with Crippen molar-refractivity contribution in [2.75, 3.05) is 44.2 Å². The Hall–Kier alpha value is -1.46. The van der Waals surface area contributed by atoms with Crippen molar-refractivity contribution in [1.29, 1.82) is 0 Å². The fraction of sp³-hybridized carbons (Fsp3) is 0.571. The smallest absolute Gasteiger partial charge is 0.241 e. The molecule has 1 aliphatic rings. The number of aromatic nitrogens is 1. The van der Waals surface area contributed by atoms with Gasteiger partial charge in [-0.3, -0.25) is 14.7 Å². The fourth-order valence-corrected chi connectivity index (χ4v) is 2.36. The molecule has 2 rings (SSSR count). The van der Waals surface area contributed by atoms with Gasteiger partial charge in [-0.25, -0.2) is 0 Å². The number of nitrogens with zero attached hydrogens (tertiary/aromatic N) is 3. The van der Waals surface area contributed by atoms with E-state index in [4.69, 9.17) is 0 Å². The van der Waals surface area contributed by atoms with Crippen LogP contribution in [0.3, 0.4) is 0 Å². The zero-order valence-corrected chi connectivity index (χ0v) is 11.5. The lowest BCUT2D eigenvalue weighted by Gasteiger charge is -2.25. The molecule has 0 unspecified atom stereocenters. The van der Waals surface area contributed by atoms with Gasteiger partial charge in [0.25, 0.3) is 0 Å². The minimum absolute atomic E-state index is 0.163. The van der Waals surface area contributed by atoms with Crippen LogP contribution in [0.15, 0.2) is 24.5 Å². The van der Waals surface area contributed by atoms with Gasteiger partial charge in [0.1, 0.15) is 0 Å². The molecule has 19 heavy (non-hydrogen) atoms. The van der Waals surface area contributed by atoms with Crippen LogP contribution in [0.25, 0.3) is 0 Å². The van der Waals surface area contributed by atoms with Crippen LogP contribution in [0.5, 0.6) is 0 Å². The first-order valence-corrected chi connectivity index (χ1v) is 6.94. The largest absolute Gasteiger partial charge is 0.315 e. The molecular weight excluding hydrogens is 240 g/mol. The lowest BCUT2D eigenvalue weighted by molar-refractivity contribution is -0.119. The number of hydrogen-bond acceptors (Lipinski definition) is 4. The Labute approximate surface area is 114 Å². The highest BCUT2D eigenvalue weighted by molar-refractivity contribution is 5.94. The molecule has 0 saturated carbocycles. The summed E-state index contributed by atoms with van der Waals surface area (Å²) in [4.78, 5) is 20.4. The molecule has 1 aromatic rings. The quantitative estimate of drug-likeness (QED) is 0.869. The Morgan fingerprint density at radius 3 is 2.89 bits per heavy atom. The van der Waals surface area contributed by atoms with Crippen molar-refractivity contribution >= 4 is 11.6 Å². The molecule has 0 aromatic carbocycles. The fourth-order valence-electron chi connectivity index (χ4n) is 2.36. The Bertz CT molecular complexity index is 388. The normalized spacial score (nSPS) is 16.9. The monoisotopic (exact) mass is 262 g/mol. The predicted octanol–water partition coefficient (Wildman–Crippen LogP) is 0.730. The first kappa shape index (κ1) is 14.0. The number of anilines is 1. The molecule has 104 valence electrons. The summed E-state index contributed by atoms with van der Waals surface area (Å²) >= 11 is 0. The summed E-state index contributed by atoms with van der Waals surface area (Å²) in [6.07, 6.45) is 4.55. The maximum atomic E-state index is 12.4. The van der Waals surface area contributed by atoms with E-state index in [9.17, 15) is 4.79 Å². The van der Waals surface area contributed by atoms with E-state index < -0.39 is 0 Å². The molecule has 1 saturated heterocycles. The van der Waals surface area contributed by atoms with E-state index in [0.717, 1.165) is 38.3 Å². The summed E-state index contributed by atoms with van der Waals surface area (Å²) in [6, 6.07) is 3.76. The Kier molecular flexibility index (Phi) is 5.30. The topological polar surface area (TPSA) is 48.5 Å². The standard InChI is InChI=1S/C14H22N4O/c1-2-18(13-4-7-16-8-5-13)14(19)12-17-10-3-6-15-9-11-17/h4-5,7-8,15H,2-3,6,9-12H2,1H3. The molecule has 0 spiro atoms. The second-order valence-electron chi connectivity index (χ2n) is 4.72.